The number of carboxylic acids is 1. The van der Waals surface area contributed by atoms with Crippen LogP contribution in [0.25, 0.3) is 0 Å². The number of hydrogen-bond acceptors (Lipinski definition) is 3. The summed E-state index contributed by atoms with van der Waals surface area (Å²) in [6.45, 7) is 9.56. The number of carbonyl (C=O) groups is 1. The van der Waals surface area contributed by atoms with Crippen molar-refractivity contribution in [3.05, 3.63) is 0 Å². The van der Waals surface area contributed by atoms with Gasteiger partial charge in [-0.15, -0.1) is 0 Å². The van der Waals surface area contributed by atoms with Crippen molar-refractivity contribution >= 4 is 5.97 Å². The Morgan fingerprint density at radius 1 is 1.53 bits per heavy atom. The maximum atomic E-state index is 10.8. The minimum atomic E-state index is -0.748. The van der Waals surface area contributed by atoms with Crippen molar-refractivity contribution < 1.29 is 14.6 Å². The smallest absolute Gasteiger partial charge is 0.309 e. The summed E-state index contributed by atoms with van der Waals surface area (Å²) in [7, 11) is 0. The summed E-state index contributed by atoms with van der Waals surface area (Å²) in [4.78, 5) is 10.8. The highest BCUT2D eigenvalue weighted by atomic mass is 16.5. The first kappa shape index (κ1) is 14.4. The Kier molecular flexibility index (Phi) is 6.52. The Morgan fingerprint density at radius 3 is 2.60 bits per heavy atom. The van der Waals surface area contributed by atoms with Gasteiger partial charge in [0.1, 0.15) is 0 Å². The van der Waals surface area contributed by atoms with Crippen molar-refractivity contribution in [1.82, 2.24) is 5.32 Å². The fraction of sp³-hybridized carbons (Fsp3) is 0.909. The molecule has 4 nitrogen and oxygen atoms in total. The molecule has 0 heterocycles. The number of nitrogens with one attached hydrogen (secondary N) is 1. The highest BCUT2D eigenvalue weighted by Crippen LogP contribution is 2.19. The zero-order valence-electron chi connectivity index (χ0n) is 10.2. The second kappa shape index (κ2) is 6.80. The van der Waals surface area contributed by atoms with E-state index in [0.29, 0.717) is 26.2 Å². The lowest BCUT2D eigenvalue weighted by Gasteiger charge is -2.21. The molecule has 0 spiro atoms. The molecule has 0 saturated carbocycles. The van der Waals surface area contributed by atoms with E-state index >= 15 is 0 Å². The molecule has 4 heteroatoms. The van der Waals surface area contributed by atoms with Gasteiger partial charge in [0.05, 0.1) is 12.0 Å². The molecule has 0 aliphatic carbocycles. The van der Waals surface area contributed by atoms with Crippen LogP contribution in [0.15, 0.2) is 0 Å². The molecular formula is C11H23NO3. The van der Waals surface area contributed by atoms with Gasteiger partial charge in [-0.1, -0.05) is 0 Å². The molecule has 0 aromatic carbocycles. The molecule has 0 fully saturated rings. The van der Waals surface area contributed by atoms with Gasteiger partial charge in [0, 0.05) is 12.6 Å². The van der Waals surface area contributed by atoms with E-state index in [-0.39, 0.29) is 6.04 Å². The Labute approximate surface area is 92.0 Å². The second-order valence-electron chi connectivity index (χ2n) is 4.45. The minimum Gasteiger partial charge on any atom is -0.481 e. The molecule has 15 heavy (non-hydrogen) atoms. The lowest BCUT2D eigenvalue weighted by Crippen LogP contribution is -2.35. The number of aliphatic carboxylic acids is 1. The molecule has 0 radical (unpaired) electrons. The Bertz CT molecular complexity index is 192. The van der Waals surface area contributed by atoms with E-state index < -0.39 is 11.4 Å². The largest absolute Gasteiger partial charge is 0.481 e. The summed E-state index contributed by atoms with van der Waals surface area (Å²) in [6, 6.07) is 0.273. The third kappa shape index (κ3) is 6.47. The molecule has 0 amide bonds. The second-order valence-corrected chi connectivity index (χ2v) is 4.45. The standard InChI is InChI=1S/C11H23NO3/c1-5-15-8-9(2)12-7-6-11(3,4)10(13)14/h9,12H,5-8H2,1-4H3,(H,13,14). The Balaban J connectivity index is 3.65. The van der Waals surface area contributed by atoms with Crippen LogP contribution in [0, 0.1) is 5.41 Å². The normalized spacial score (nSPS) is 13.9. The summed E-state index contributed by atoms with van der Waals surface area (Å²) in [5.41, 5.74) is -0.654. The summed E-state index contributed by atoms with van der Waals surface area (Å²) >= 11 is 0. The lowest BCUT2D eigenvalue weighted by atomic mass is 9.89. The van der Waals surface area contributed by atoms with Crippen molar-refractivity contribution in [2.45, 2.75) is 40.2 Å². The number of ether oxygens (including phenoxy) is 1. The van der Waals surface area contributed by atoms with Crippen LogP contribution in [-0.4, -0.2) is 36.9 Å². The van der Waals surface area contributed by atoms with Crippen LogP contribution >= 0.6 is 0 Å². The van der Waals surface area contributed by atoms with Crippen molar-refractivity contribution in [1.29, 1.82) is 0 Å². The predicted molar refractivity (Wildman–Crippen MR) is 60.0 cm³/mol. The Hall–Kier alpha value is -0.610. The summed E-state index contributed by atoms with van der Waals surface area (Å²) < 4.78 is 5.25. The predicted octanol–water partition coefficient (Wildman–Crippen LogP) is 1.50. The first-order valence-electron chi connectivity index (χ1n) is 5.44. The van der Waals surface area contributed by atoms with Crippen LogP contribution in [0.4, 0.5) is 0 Å². The molecular weight excluding hydrogens is 194 g/mol. The van der Waals surface area contributed by atoms with Gasteiger partial charge in [-0.3, -0.25) is 4.79 Å². The van der Waals surface area contributed by atoms with E-state index in [9.17, 15) is 4.79 Å². The van der Waals surface area contributed by atoms with Crippen LogP contribution < -0.4 is 5.32 Å². The molecule has 0 aromatic heterocycles. The van der Waals surface area contributed by atoms with Crippen molar-refractivity contribution in [2.75, 3.05) is 19.8 Å². The van der Waals surface area contributed by atoms with E-state index in [2.05, 4.69) is 5.32 Å². The van der Waals surface area contributed by atoms with Gasteiger partial charge in [0.2, 0.25) is 0 Å². The fourth-order valence-corrected chi connectivity index (χ4v) is 1.09. The lowest BCUT2D eigenvalue weighted by molar-refractivity contribution is -0.147. The Morgan fingerprint density at radius 2 is 2.13 bits per heavy atom. The van der Waals surface area contributed by atoms with Crippen LogP contribution in [0.1, 0.15) is 34.1 Å². The van der Waals surface area contributed by atoms with Crippen LogP contribution in [-0.2, 0) is 9.53 Å². The average Bonchev–Trinajstić information content (AvgIpc) is 2.14. The molecule has 0 aliphatic rings. The van der Waals surface area contributed by atoms with Gasteiger partial charge < -0.3 is 15.2 Å². The van der Waals surface area contributed by atoms with Gasteiger partial charge in [-0.2, -0.15) is 0 Å². The first-order chi connectivity index (χ1) is 6.90. The minimum absolute atomic E-state index is 0.273. The number of carboxylic acid groups (broad SMARTS) is 1. The third-order valence-electron chi connectivity index (χ3n) is 2.39. The summed E-state index contributed by atoms with van der Waals surface area (Å²) in [6.07, 6.45) is 0.624. The van der Waals surface area contributed by atoms with Crippen molar-refractivity contribution in [2.24, 2.45) is 5.41 Å². The maximum Gasteiger partial charge on any atom is 0.309 e. The van der Waals surface area contributed by atoms with Gasteiger partial charge >= 0.3 is 5.97 Å². The summed E-state index contributed by atoms with van der Waals surface area (Å²) in [5.74, 6) is -0.748. The molecule has 1 atom stereocenters. The fourth-order valence-electron chi connectivity index (χ4n) is 1.09. The molecule has 90 valence electrons. The van der Waals surface area contributed by atoms with Gasteiger partial charge in [-0.05, 0) is 40.7 Å². The van der Waals surface area contributed by atoms with Crippen molar-refractivity contribution in [3.8, 4) is 0 Å². The van der Waals surface area contributed by atoms with Crippen LogP contribution in [0.2, 0.25) is 0 Å². The average molecular weight is 217 g/mol. The maximum absolute atomic E-state index is 10.8. The van der Waals surface area contributed by atoms with Crippen molar-refractivity contribution in [3.63, 3.8) is 0 Å². The van der Waals surface area contributed by atoms with Gasteiger partial charge in [-0.25, -0.2) is 0 Å². The zero-order valence-corrected chi connectivity index (χ0v) is 10.2. The van der Waals surface area contributed by atoms with Crippen LogP contribution in [0.5, 0.6) is 0 Å². The van der Waals surface area contributed by atoms with E-state index in [0.717, 1.165) is 0 Å². The van der Waals surface area contributed by atoms with Crippen LogP contribution in [0.3, 0.4) is 0 Å². The zero-order chi connectivity index (χ0) is 11.9. The van der Waals surface area contributed by atoms with E-state index in [4.69, 9.17) is 9.84 Å². The van der Waals surface area contributed by atoms with Gasteiger partial charge in [0.25, 0.3) is 0 Å². The number of rotatable bonds is 8. The SMILES string of the molecule is CCOCC(C)NCCC(C)(C)C(=O)O. The molecule has 0 rings (SSSR count). The molecule has 0 aromatic rings. The van der Waals surface area contributed by atoms with Gasteiger partial charge in [0.15, 0.2) is 0 Å². The first-order valence-corrected chi connectivity index (χ1v) is 5.44. The number of hydrogen-bond donors (Lipinski definition) is 2. The van der Waals surface area contributed by atoms with E-state index in [1.54, 1.807) is 13.8 Å². The molecule has 1 unspecified atom stereocenters. The molecule has 0 bridgehead atoms. The van der Waals surface area contributed by atoms with E-state index in [1.807, 2.05) is 13.8 Å². The highest BCUT2D eigenvalue weighted by Gasteiger charge is 2.26. The summed E-state index contributed by atoms with van der Waals surface area (Å²) in [5, 5.41) is 12.1. The molecule has 0 aliphatic heterocycles. The molecule has 2 N–H and O–H groups in total. The third-order valence-corrected chi connectivity index (χ3v) is 2.39. The monoisotopic (exact) mass is 217 g/mol. The topological polar surface area (TPSA) is 58.6 Å². The highest BCUT2D eigenvalue weighted by molar-refractivity contribution is 5.73. The quantitative estimate of drug-likeness (QED) is 0.647. The molecule has 0 saturated heterocycles. The van der Waals surface area contributed by atoms with E-state index in [1.165, 1.54) is 0 Å².